The zero-order valence-electron chi connectivity index (χ0n) is 17.9. The molecule has 1 heterocycles. The first-order valence-corrected chi connectivity index (χ1v) is 10.9. The van der Waals surface area contributed by atoms with E-state index in [0.29, 0.717) is 17.0 Å². The van der Waals surface area contributed by atoms with Gasteiger partial charge in [-0.2, -0.15) is 0 Å². The number of ether oxygens (including phenoxy) is 1. The largest absolute Gasteiger partial charge is 0.465 e. The van der Waals surface area contributed by atoms with Gasteiger partial charge in [-0.25, -0.2) is 4.79 Å². The highest BCUT2D eigenvalue weighted by molar-refractivity contribution is 7.15. The maximum absolute atomic E-state index is 12.5. The Hall–Kier alpha value is -2.92. The summed E-state index contributed by atoms with van der Waals surface area (Å²) in [6.45, 7) is 6.09. The van der Waals surface area contributed by atoms with Crippen molar-refractivity contribution in [2.45, 2.75) is 40.0 Å². The maximum atomic E-state index is 12.5. The molecular weight excluding hydrogens is 394 g/mol. The van der Waals surface area contributed by atoms with Crippen LogP contribution in [0.1, 0.15) is 45.5 Å². The molecule has 0 saturated carbocycles. The first-order valence-electron chi connectivity index (χ1n) is 10.0. The minimum Gasteiger partial charge on any atom is -0.465 e. The molecule has 0 aliphatic heterocycles. The summed E-state index contributed by atoms with van der Waals surface area (Å²) in [6.07, 6.45) is 1.98. The number of esters is 1. The lowest BCUT2D eigenvalue weighted by Crippen LogP contribution is -2.14. The Morgan fingerprint density at radius 1 is 0.967 bits per heavy atom. The quantitative estimate of drug-likeness (QED) is 0.470. The van der Waals surface area contributed by atoms with Gasteiger partial charge in [-0.3, -0.25) is 4.79 Å². The van der Waals surface area contributed by atoms with Crippen molar-refractivity contribution in [3.63, 3.8) is 0 Å². The second kappa shape index (κ2) is 9.72. The molecule has 0 bridgehead atoms. The van der Waals surface area contributed by atoms with Gasteiger partial charge in [-0.1, -0.05) is 53.6 Å². The van der Waals surface area contributed by atoms with Crippen LogP contribution >= 0.6 is 11.3 Å². The predicted molar refractivity (Wildman–Crippen MR) is 123 cm³/mol. The molecule has 0 atom stereocenters. The zero-order valence-corrected chi connectivity index (χ0v) is 18.7. The Bertz CT molecular complexity index is 1050. The first-order chi connectivity index (χ1) is 14.4. The Kier molecular flexibility index (Phi) is 7.06. The summed E-state index contributed by atoms with van der Waals surface area (Å²) >= 11 is 1.36. The smallest absolute Gasteiger partial charge is 0.341 e. The van der Waals surface area contributed by atoms with Crippen molar-refractivity contribution >= 4 is 28.2 Å². The van der Waals surface area contributed by atoms with E-state index in [1.54, 1.807) is 0 Å². The van der Waals surface area contributed by atoms with Crippen LogP contribution in [0.25, 0.3) is 11.1 Å². The average Bonchev–Trinajstić information content (AvgIpc) is 3.13. The van der Waals surface area contributed by atoms with Crippen molar-refractivity contribution in [1.82, 2.24) is 0 Å². The molecule has 30 heavy (non-hydrogen) atoms. The number of aryl methyl sites for hydroxylation is 4. The molecule has 3 rings (SSSR count). The van der Waals surface area contributed by atoms with Crippen molar-refractivity contribution in [3.8, 4) is 11.1 Å². The van der Waals surface area contributed by atoms with E-state index in [0.717, 1.165) is 35.1 Å². The van der Waals surface area contributed by atoms with Crippen LogP contribution in [0.4, 0.5) is 5.00 Å². The fourth-order valence-electron chi connectivity index (χ4n) is 3.38. The lowest BCUT2D eigenvalue weighted by molar-refractivity contribution is -0.116. The van der Waals surface area contributed by atoms with Gasteiger partial charge in [-0.15, -0.1) is 11.3 Å². The summed E-state index contributed by atoms with van der Waals surface area (Å²) < 4.78 is 5.01. The summed E-state index contributed by atoms with van der Waals surface area (Å²) in [7, 11) is 1.36. The van der Waals surface area contributed by atoms with Gasteiger partial charge in [0.2, 0.25) is 5.91 Å². The Balaban J connectivity index is 1.74. The molecule has 4 nitrogen and oxygen atoms in total. The van der Waals surface area contributed by atoms with Gasteiger partial charge in [0.1, 0.15) is 10.6 Å². The number of rotatable bonds is 7. The molecule has 0 radical (unpaired) electrons. The number of carbonyl (C=O) groups excluding carboxylic acids is 2. The number of carbonyl (C=O) groups is 2. The molecule has 3 aromatic rings. The van der Waals surface area contributed by atoms with Crippen molar-refractivity contribution in [2.75, 3.05) is 12.4 Å². The molecule has 0 unspecified atom stereocenters. The van der Waals surface area contributed by atoms with Gasteiger partial charge in [0, 0.05) is 17.4 Å². The lowest BCUT2D eigenvalue weighted by Gasteiger charge is -2.10. The van der Waals surface area contributed by atoms with Crippen molar-refractivity contribution in [1.29, 1.82) is 0 Å². The molecule has 1 amide bonds. The van der Waals surface area contributed by atoms with E-state index in [1.165, 1.54) is 29.6 Å². The number of benzene rings is 2. The Labute approximate surface area is 181 Å². The monoisotopic (exact) mass is 421 g/mol. The van der Waals surface area contributed by atoms with Crippen molar-refractivity contribution in [2.24, 2.45) is 0 Å². The summed E-state index contributed by atoms with van der Waals surface area (Å²) in [5, 5.41) is 5.38. The summed E-state index contributed by atoms with van der Waals surface area (Å²) in [5.41, 5.74) is 6.82. The number of amides is 1. The number of hydrogen-bond donors (Lipinski definition) is 1. The van der Waals surface area contributed by atoms with E-state index in [-0.39, 0.29) is 5.91 Å². The van der Waals surface area contributed by atoms with Crippen LogP contribution < -0.4 is 5.32 Å². The highest BCUT2D eigenvalue weighted by Gasteiger charge is 2.23. The fraction of sp³-hybridized carbons (Fsp3) is 0.280. The normalized spacial score (nSPS) is 10.7. The third-order valence-corrected chi connectivity index (χ3v) is 6.00. The van der Waals surface area contributed by atoms with E-state index in [4.69, 9.17) is 4.74 Å². The van der Waals surface area contributed by atoms with Crippen LogP contribution in [0.2, 0.25) is 0 Å². The molecule has 2 aromatic carbocycles. The van der Waals surface area contributed by atoms with E-state index < -0.39 is 5.97 Å². The van der Waals surface area contributed by atoms with E-state index in [9.17, 15) is 9.59 Å². The van der Waals surface area contributed by atoms with Gasteiger partial charge < -0.3 is 10.1 Å². The fourth-order valence-corrected chi connectivity index (χ4v) is 4.34. The highest BCUT2D eigenvalue weighted by atomic mass is 32.1. The molecule has 0 fully saturated rings. The molecule has 5 heteroatoms. The standard InChI is InChI=1S/C25H27NO3S/c1-16-9-12-19(13-10-16)6-5-7-22(27)26-24-23(25(28)29-4)21(15-30-24)20-14-17(2)8-11-18(20)3/h8-15H,5-7H2,1-4H3,(H,26,27). The summed E-state index contributed by atoms with van der Waals surface area (Å²) in [4.78, 5) is 25.1. The molecule has 1 aromatic heterocycles. The van der Waals surface area contributed by atoms with Crippen LogP contribution in [0.5, 0.6) is 0 Å². The molecule has 156 valence electrons. The Morgan fingerprint density at radius 3 is 2.37 bits per heavy atom. The number of methoxy groups -OCH3 is 1. The molecule has 0 saturated heterocycles. The van der Waals surface area contributed by atoms with Crippen molar-refractivity contribution in [3.05, 3.63) is 75.7 Å². The average molecular weight is 422 g/mol. The number of thiophene rings is 1. The molecule has 0 aliphatic rings. The van der Waals surface area contributed by atoms with Gasteiger partial charge >= 0.3 is 5.97 Å². The third kappa shape index (κ3) is 5.16. The van der Waals surface area contributed by atoms with Gasteiger partial charge in [0.15, 0.2) is 0 Å². The summed E-state index contributed by atoms with van der Waals surface area (Å²) in [6, 6.07) is 14.5. The molecule has 0 spiro atoms. The molecule has 1 N–H and O–H groups in total. The number of anilines is 1. The van der Waals surface area contributed by atoms with Crippen molar-refractivity contribution < 1.29 is 14.3 Å². The minimum atomic E-state index is -0.442. The highest BCUT2D eigenvalue weighted by Crippen LogP contribution is 2.38. The van der Waals surface area contributed by atoms with Crippen LogP contribution in [0.3, 0.4) is 0 Å². The zero-order chi connectivity index (χ0) is 21.7. The number of hydrogen-bond acceptors (Lipinski definition) is 4. The van der Waals surface area contributed by atoms with Crippen LogP contribution in [-0.2, 0) is 16.0 Å². The van der Waals surface area contributed by atoms with E-state index >= 15 is 0 Å². The first kappa shape index (κ1) is 21.8. The van der Waals surface area contributed by atoms with Gasteiger partial charge in [-0.05, 0) is 50.3 Å². The second-order valence-corrected chi connectivity index (χ2v) is 8.43. The SMILES string of the molecule is COC(=O)c1c(-c2cc(C)ccc2C)csc1NC(=O)CCCc1ccc(C)cc1. The Morgan fingerprint density at radius 2 is 1.67 bits per heavy atom. The van der Waals surface area contributed by atoms with Gasteiger partial charge in [0.25, 0.3) is 0 Å². The van der Waals surface area contributed by atoms with E-state index in [1.807, 2.05) is 31.4 Å². The minimum absolute atomic E-state index is 0.0957. The van der Waals surface area contributed by atoms with Gasteiger partial charge in [0.05, 0.1) is 7.11 Å². The van der Waals surface area contributed by atoms with Crippen LogP contribution in [0.15, 0.2) is 47.8 Å². The second-order valence-electron chi connectivity index (χ2n) is 7.55. The van der Waals surface area contributed by atoms with Crippen LogP contribution in [0, 0.1) is 20.8 Å². The maximum Gasteiger partial charge on any atom is 0.341 e. The molecule has 0 aliphatic carbocycles. The predicted octanol–water partition coefficient (Wildman–Crippen LogP) is 6.09. The topological polar surface area (TPSA) is 55.4 Å². The summed E-state index contributed by atoms with van der Waals surface area (Å²) in [5.74, 6) is -0.538. The van der Waals surface area contributed by atoms with Crippen LogP contribution in [-0.4, -0.2) is 19.0 Å². The third-order valence-electron chi connectivity index (χ3n) is 5.11. The van der Waals surface area contributed by atoms with E-state index in [2.05, 4.69) is 42.6 Å². The lowest BCUT2D eigenvalue weighted by atomic mass is 9.97. The number of nitrogens with one attached hydrogen (secondary N) is 1. The molecular formula is C25H27NO3S.